The summed E-state index contributed by atoms with van der Waals surface area (Å²) in [5.74, 6) is 0. The van der Waals surface area contributed by atoms with Crippen LogP contribution in [0.1, 0.15) is 43.1 Å². The van der Waals surface area contributed by atoms with Gasteiger partial charge in [0.15, 0.2) is 0 Å². The third-order valence-corrected chi connectivity index (χ3v) is 6.16. The van der Waals surface area contributed by atoms with Crippen LogP contribution in [0.3, 0.4) is 0 Å². The van der Waals surface area contributed by atoms with Gasteiger partial charge in [0.2, 0.25) is 0 Å². The Kier molecular flexibility index (Phi) is 5.74. The van der Waals surface area contributed by atoms with Crippen molar-refractivity contribution in [2.24, 2.45) is 5.73 Å². The average Bonchev–Trinajstić information content (AvgIpc) is 3.18. The standard InChI is InChI=1S/C29H30N4/c1-3-4-5-11-24(30)26-18-21(19-27(32-26)25-12-8-9-16-31-25)33-28-13-7-6-10-22(28)23-17-20(2)14-15-29(23)33/h4-7,10-15,17-19,31H,3,8-9,16,30H2,1-2H3/b5-4-,24-11-. The summed E-state index contributed by atoms with van der Waals surface area (Å²) in [4.78, 5) is 4.95. The van der Waals surface area contributed by atoms with Crippen molar-refractivity contribution in [1.29, 1.82) is 0 Å². The molecule has 0 bridgehead atoms. The van der Waals surface area contributed by atoms with Crippen LogP contribution in [0.5, 0.6) is 0 Å². The predicted octanol–water partition coefficient (Wildman–Crippen LogP) is 6.48. The van der Waals surface area contributed by atoms with Gasteiger partial charge in [-0.05, 0) is 62.6 Å². The van der Waals surface area contributed by atoms with Crippen molar-refractivity contribution in [3.63, 3.8) is 0 Å². The Morgan fingerprint density at radius 1 is 1.09 bits per heavy atom. The van der Waals surface area contributed by atoms with E-state index >= 15 is 0 Å². The molecule has 166 valence electrons. The number of nitrogens with two attached hydrogens (primary N) is 1. The lowest BCUT2D eigenvalue weighted by Crippen LogP contribution is -2.19. The molecule has 0 amide bonds. The summed E-state index contributed by atoms with van der Waals surface area (Å²) in [6.07, 6.45) is 11.5. The molecular weight excluding hydrogens is 404 g/mol. The largest absolute Gasteiger partial charge is 0.397 e. The van der Waals surface area contributed by atoms with E-state index in [9.17, 15) is 0 Å². The number of hydrogen-bond donors (Lipinski definition) is 2. The molecule has 0 unspecified atom stereocenters. The van der Waals surface area contributed by atoms with E-state index in [-0.39, 0.29) is 0 Å². The third-order valence-electron chi connectivity index (χ3n) is 6.16. The maximum atomic E-state index is 6.50. The van der Waals surface area contributed by atoms with Crippen molar-refractivity contribution in [2.45, 2.75) is 33.1 Å². The van der Waals surface area contributed by atoms with Crippen molar-refractivity contribution < 1.29 is 0 Å². The molecule has 0 aliphatic carbocycles. The second kappa shape index (κ2) is 8.99. The van der Waals surface area contributed by atoms with E-state index in [0.717, 1.165) is 48.6 Å². The summed E-state index contributed by atoms with van der Waals surface area (Å²) in [7, 11) is 0. The Morgan fingerprint density at radius 2 is 1.94 bits per heavy atom. The Balaban J connectivity index is 1.78. The SMILES string of the molecule is CC/C=C\C=C(/N)c1cc(-n2c3ccccc3c3cc(C)ccc32)cc(C2=CCCCN2)n1. The molecule has 0 radical (unpaired) electrons. The number of benzene rings is 2. The molecule has 2 aromatic heterocycles. The lowest BCUT2D eigenvalue weighted by molar-refractivity contribution is 0.740. The van der Waals surface area contributed by atoms with Crippen molar-refractivity contribution in [3.05, 3.63) is 95.9 Å². The minimum atomic E-state index is 0.663. The molecule has 3 heterocycles. The summed E-state index contributed by atoms with van der Waals surface area (Å²) in [6.45, 7) is 5.22. The van der Waals surface area contributed by atoms with Gasteiger partial charge in [0.25, 0.3) is 0 Å². The van der Waals surface area contributed by atoms with Gasteiger partial charge in [-0.1, -0.05) is 55.0 Å². The first kappa shape index (κ1) is 21.1. The van der Waals surface area contributed by atoms with E-state index in [1.165, 1.54) is 27.4 Å². The number of aryl methyl sites for hydroxylation is 1. The van der Waals surface area contributed by atoms with Gasteiger partial charge in [-0.15, -0.1) is 0 Å². The molecular formula is C29H30N4. The van der Waals surface area contributed by atoms with Crippen LogP contribution >= 0.6 is 0 Å². The molecule has 0 saturated heterocycles. The summed E-state index contributed by atoms with van der Waals surface area (Å²) in [6, 6.07) is 19.5. The molecule has 4 heteroatoms. The average molecular weight is 435 g/mol. The maximum absolute atomic E-state index is 6.50. The first-order chi connectivity index (χ1) is 16.2. The zero-order valence-corrected chi connectivity index (χ0v) is 19.3. The van der Waals surface area contributed by atoms with Gasteiger partial charge in [0.1, 0.15) is 0 Å². The minimum Gasteiger partial charge on any atom is -0.397 e. The second-order valence-corrected chi connectivity index (χ2v) is 8.61. The molecule has 0 fully saturated rings. The Hall–Kier alpha value is -3.79. The monoisotopic (exact) mass is 434 g/mol. The minimum absolute atomic E-state index is 0.663. The Bertz CT molecular complexity index is 1420. The number of fused-ring (bicyclic) bond motifs is 3. The molecule has 0 atom stereocenters. The summed E-state index contributed by atoms with van der Waals surface area (Å²) >= 11 is 0. The van der Waals surface area contributed by atoms with E-state index in [0.29, 0.717) is 5.70 Å². The van der Waals surface area contributed by atoms with Crippen molar-refractivity contribution in [3.8, 4) is 5.69 Å². The number of pyridine rings is 1. The highest BCUT2D eigenvalue weighted by atomic mass is 15.0. The second-order valence-electron chi connectivity index (χ2n) is 8.61. The third kappa shape index (κ3) is 4.05. The van der Waals surface area contributed by atoms with Gasteiger partial charge in [-0.3, -0.25) is 0 Å². The smallest absolute Gasteiger partial charge is 0.0887 e. The predicted molar refractivity (Wildman–Crippen MR) is 140 cm³/mol. The van der Waals surface area contributed by atoms with Gasteiger partial charge in [0, 0.05) is 17.3 Å². The number of rotatable bonds is 5. The van der Waals surface area contributed by atoms with Gasteiger partial charge < -0.3 is 15.6 Å². The van der Waals surface area contributed by atoms with Gasteiger partial charge in [-0.25, -0.2) is 4.98 Å². The van der Waals surface area contributed by atoms with E-state index in [1.54, 1.807) is 0 Å². The van der Waals surface area contributed by atoms with Crippen LogP contribution in [-0.4, -0.2) is 16.1 Å². The number of aromatic nitrogens is 2. The summed E-state index contributed by atoms with van der Waals surface area (Å²) in [5.41, 5.74) is 14.6. The van der Waals surface area contributed by atoms with E-state index < -0.39 is 0 Å². The quantitative estimate of drug-likeness (QED) is 0.354. The van der Waals surface area contributed by atoms with Crippen LogP contribution in [-0.2, 0) is 0 Å². The maximum Gasteiger partial charge on any atom is 0.0887 e. The van der Waals surface area contributed by atoms with E-state index in [1.807, 2.05) is 12.2 Å². The number of nitrogens with one attached hydrogen (secondary N) is 1. The van der Waals surface area contributed by atoms with Crippen LogP contribution in [0.15, 0.2) is 78.9 Å². The number of nitrogens with zero attached hydrogens (tertiary/aromatic N) is 2. The molecule has 3 N–H and O–H groups in total. The number of allylic oxidation sites excluding steroid dienone is 4. The highest BCUT2D eigenvalue weighted by molar-refractivity contribution is 6.09. The van der Waals surface area contributed by atoms with Crippen molar-refractivity contribution in [2.75, 3.05) is 6.54 Å². The molecule has 33 heavy (non-hydrogen) atoms. The van der Waals surface area contributed by atoms with Gasteiger partial charge in [-0.2, -0.15) is 0 Å². The highest BCUT2D eigenvalue weighted by Gasteiger charge is 2.16. The van der Waals surface area contributed by atoms with Crippen molar-refractivity contribution in [1.82, 2.24) is 14.9 Å². The fourth-order valence-electron chi connectivity index (χ4n) is 4.53. The van der Waals surface area contributed by atoms with Gasteiger partial charge in [0.05, 0.1) is 39.5 Å². The molecule has 1 aliphatic heterocycles. The first-order valence-corrected chi connectivity index (χ1v) is 11.7. The fourth-order valence-corrected chi connectivity index (χ4v) is 4.53. The topological polar surface area (TPSA) is 55.9 Å². The van der Waals surface area contributed by atoms with Crippen molar-refractivity contribution >= 4 is 33.2 Å². The van der Waals surface area contributed by atoms with Gasteiger partial charge >= 0.3 is 0 Å². The zero-order chi connectivity index (χ0) is 22.8. The Labute approximate surface area is 195 Å². The molecule has 0 spiro atoms. The highest BCUT2D eigenvalue weighted by Crippen LogP contribution is 2.33. The Morgan fingerprint density at radius 3 is 2.76 bits per heavy atom. The normalized spacial score (nSPS) is 14.7. The summed E-state index contributed by atoms with van der Waals surface area (Å²) in [5, 5.41) is 6.03. The van der Waals surface area contributed by atoms with Crippen LogP contribution in [0.4, 0.5) is 0 Å². The zero-order valence-electron chi connectivity index (χ0n) is 19.3. The first-order valence-electron chi connectivity index (χ1n) is 11.7. The lowest BCUT2D eigenvalue weighted by Gasteiger charge is -2.18. The molecule has 5 rings (SSSR count). The van der Waals surface area contributed by atoms with Crippen LogP contribution in [0.25, 0.3) is 38.9 Å². The van der Waals surface area contributed by atoms with E-state index in [2.05, 4.69) is 90.5 Å². The van der Waals surface area contributed by atoms with Crippen LogP contribution in [0, 0.1) is 6.92 Å². The molecule has 2 aromatic carbocycles. The molecule has 1 aliphatic rings. The van der Waals surface area contributed by atoms with E-state index in [4.69, 9.17) is 10.7 Å². The fraction of sp³-hybridized carbons (Fsp3) is 0.207. The number of para-hydroxylation sites is 1. The van der Waals surface area contributed by atoms with Crippen LogP contribution in [0.2, 0.25) is 0 Å². The number of hydrogen-bond acceptors (Lipinski definition) is 3. The van der Waals surface area contributed by atoms with Crippen LogP contribution < -0.4 is 11.1 Å². The summed E-state index contributed by atoms with van der Waals surface area (Å²) < 4.78 is 2.33. The molecule has 4 nitrogen and oxygen atoms in total. The molecule has 0 saturated carbocycles. The molecule has 4 aromatic rings. The lowest BCUT2D eigenvalue weighted by atomic mass is 10.1.